The fourth-order valence-corrected chi connectivity index (χ4v) is 7.20. The van der Waals surface area contributed by atoms with Gasteiger partial charge in [0.25, 0.3) is 0 Å². The number of benzene rings is 7. The Morgan fingerprint density at radius 2 is 0.940 bits per heavy atom. The molecule has 0 radical (unpaired) electrons. The van der Waals surface area contributed by atoms with Crippen LogP contribution in [0, 0.1) is 0 Å². The minimum atomic E-state index is 0.639. The predicted octanol–water partition coefficient (Wildman–Crippen LogP) is 11.1. The Morgan fingerprint density at radius 3 is 1.60 bits per heavy atom. The summed E-state index contributed by atoms with van der Waals surface area (Å²) in [5, 5.41) is 6.18. The Labute approximate surface area is 288 Å². The highest BCUT2D eigenvalue weighted by molar-refractivity contribution is 6.23. The lowest BCUT2D eigenvalue weighted by Gasteiger charge is -2.11. The monoisotopic (exact) mass is 639 g/mol. The van der Waals surface area contributed by atoms with Gasteiger partial charge in [-0.05, 0) is 71.4 Å². The first kappa shape index (κ1) is 28.2. The average Bonchev–Trinajstić information content (AvgIpc) is 3.76. The molecule has 0 atom stereocenters. The average molecular weight is 640 g/mol. The highest BCUT2D eigenvalue weighted by atomic mass is 15.0. The van der Waals surface area contributed by atoms with Gasteiger partial charge in [0, 0.05) is 50.4 Å². The molecule has 0 aliphatic rings. The number of nitrogens with zero attached hydrogens (tertiary/aromatic N) is 5. The molecule has 3 aromatic heterocycles. The van der Waals surface area contributed by atoms with Crippen molar-refractivity contribution in [2.75, 3.05) is 0 Å². The maximum absolute atomic E-state index is 4.96. The highest BCUT2D eigenvalue weighted by Gasteiger charge is 2.18. The van der Waals surface area contributed by atoms with Gasteiger partial charge in [-0.15, -0.1) is 0 Å². The molecule has 0 spiro atoms. The summed E-state index contributed by atoms with van der Waals surface area (Å²) in [6.07, 6.45) is 2.17. The second-order valence-corrected chi connectivity index (χ2v) is 12.6. The zero-order valence-corrected chi connectivity index (χ0v) is 27.0. The molecule has 10 rings (SSSR count). The molecule has 0 unspecified atom stereocenters. The van der Waals surface area contributed by atoms with Gasteiger partial charge in [-0.3, -0.25) is 0 Å². The van der Waals surface area contributed by atoms with E-state index in [0.717, 1.165) is 33.6 Å². The highest BCUT2D eigenvalue weighted by Crippen LogP contribution is 2.39. The molecule has 5 nitrogen and oxygen atoms in total. The van der Waals surface area contributed by atoms with Crippen LogP contribution >= 0.6 is 0 Å². The minimum Gasteiger partial charge on any atom is -0.316 e. The molecule has 0 saturated heterocycles. The van der Waals surface area contributed by atoms with Gasteiger partial charge in [0.2, 0.25) is 0 Å². The standard InChI is InChI=1S/C45H29N5/c1-4-13-31(14-5-1)43-46-44(32-15-6-2-7-16-32)48-45(47-43)33-20-23-36(24-21-33)50-39-25-22-30-12-10-11-19-37(30)42(39)38-28-34-26-27-49(40(34)29-41(38)50)35-17-8-3-9-18-35/h1-29H. The second kappa shape index (κ2) is 11.4. The summed E-state index contributed by atoms with van der Waals surface area (Å²) in [5.41, 5.74) is 8.54. The van der Waals surface area contributed by atoms with E-state index in [1.807, 2.05) is 60.7 Å². The lowest BCUT2D eigenvalue weighted by Crippen LogP contribution is -2.00. The van der Waals surface area contributed by atoms with E-state index in [1.165, 1.54) is 38.0 Å². The zero-order chi connectivity index (χ0) is 33.0. The smallest absolute Gasteiger partial charge is 0.164 e. The zero-order valence-electron chi connectivity index (χ0n) is 27.0. The lowest BCUT2D eigenvalue weighted by molar-refractivity contribution is 1.07. The van der Waals surface area contributed by atoms with Crippen molar-refractivity contribution in [1.29, 1.82) is 0 Å². The van der Waals surface area contributed by atoms with Crippen LogP contribution in [0.3, 0.4) is 0 Å². The minimum absolute atomic E-state index is 0.639. The van der Waals surface area contributed by atoms with E-state index in [9.17, 15) is 0 Å². The molecule has 10 aromatic rings. The van der Waals surface area contributed by atoms with Gasteiger partial charge in [0.05, 0.1) is 16.6 Å². The van der Waals surface area contributed by atoms with Gasteiger partial charge < -0.3 is 9.13 Å². The van der Waals surface area contributed by atoms with Crippen LogP contribution < -0.4 is 0 Å². The summed E-state index contributed by atoms with van der Waals surface area (Å²) in [7, 11) is 0. The van der Waals surface area contributed by atoms with Crippen LogP contribution in [0.1, 0.15) is 0 Å². The number of para-hydroxylation sites is 1. The third-order valence-electron chi connectivity index (χ3n) is 9.58. The fraction of sp³-hybridized carbons (Fsp3) is 0. The van der Waals surface area contributed by atoms with Gasteiger partial charge in [0.1, 0.15) is 0 Å². The van der Waals surface area contributed by atoms with Crippen molar-refractivity contribution >= 4 is 43.5 Å². The first-order chi connectivity index (χ1) is 24.8. The third-order valence-corrected chi connectivity index (χ3v) is 9.58. The molecule has 0 fully saturated rings. The molecule has 234 valence electrons. The number of hydrogen-bond donors (Lipinski definition) is 0. The van der Waals surface area contributed by atoms with Crippen molar-refractivity contribution in [2.45, 2.75) is 0 Å². The quantitative estimate of drug-likeness (QED) is 0.188. The van der Waals surface area contributed by atoms with E-state index in [2.05, 4.69) is 125 Å². The first-order valence-corrected chi connectivity index (χ1v) is 16.8. The van der Waals surface area contributed by atoms with Crippen LogP contribution in [-0.4, -0.2) is 24.1 Å². The van der Waals surface area contributed by atoms with E-state index in [1.54, 1.807) is 0 Å². The summed E-state index contributed by atoms with van der Waals surface area (Å²) in [4.78, 5) is 14.8. The number of hydrogen-bond acceptors (Lipinski definition) is 3. The summed E-state index contributed by atoms with van der Waals surface area (Å²) >= 11 is 0. The van der Waals surface area contributed by atoms with E-state index < -0.39 is 0 Å². The number of aromatic nitrogens is 5. The molecule has 5 heteroatoms. The molecule has 0 aliphatic heterocycles. The Morgan fingerprint density at radius 1 is 0.360 bits per heavy atom. The van der Waals surface area contributed by atoms with Crippen LogP contribution in [0.2, 0.25) is 0 Å². The van der Waals surface area contributed by atoms with Gasteiger partial charge in [0.15, 0.2) is 17.5 Å². The lowest BCUT2D eigenvalue weighted by atomic mass is 10.0. The summed E-state index contributed by atoms with van der Waals surface area (Å²) in [6.45, 7) is 0. The molecular weight excluding hydrogens is 611 g/mol. The van der Waals surface area contributed by atoms with E-state index in [0.29, 0.717) is 17.5 Å². The number of rotatable bonds is 5. The molecule has 0 saturated carbocycles. The van der Waals surface area contributed by atoms with E-state index >= 15 is 0 Å². The fourth-order valence-electron chi connectivity index (χ4n) is 7.20. The topological polar surface area (TPSA) is 48.5 Å². The largest absolute Gasteiger partial charge is 0.316 e. The van der Waals surface area contributed by atoms with Crippen LogP contribution in [0.25, 0.3) is 89.0 Å². The van der Waals surface area contributed by atoms with Crippen molar-refractivity contribution in [1.82, 2.24) is 24.1 Å². The Hall–Kier alpha value is -6.85. The molecule has 0 aliphatic carbocycles. The predicted molar refractivity (Wildman–Crippen MR) is 205 cm³/mol. The molecule has 0 amide bonds. The maximum Gasteiger partial charge on any atom is 0.164 e. The van der Waals surface area contributed by atoms with Gasteiger partial charge in [-0.25, -0.2) is 15.0 Å². The second-order valence-electron chi connectivity index (χ2n) is 12.6. The molecule has 0 bridgehead atoms. The van der Waals surface area contributed by atoms with Gasteiger partial charge in [-0.1, -0.05) is 109 Å². The van der Waals surface area contributed by atoms with Crippen molar-refractivity contribution in [3.05, 3.63) is 176 Å². The van der Waals surface area contributed by atoms with Gasteiger partial charge in [-0.2, -0.15) is 0 Å². The molecule has 0 N–H and O–H groups in total. The Balaban J connectivity index is 1.17. The van der Waals surface area contributed by atoms with Crippen LogP contribution in [-0.2, 0) is 0 Å². The molecule has 3 heterocycles. The van der Waals surface area contributed by atoms with Crippen LogP contribution in [0.4, 0.5) is 0 Å². The molecule has 50 heavy (non-hydrogen) atoms. The normalized spacial score (nSPS) is 11.6. The van der Waals surface area contributed by atoms with Crippen LogP contribution in [0.15, 0.2) is 176 Å². The van der Waals surface area contributed by atoms with Crippen molar-refractivity contribution in [3.63, 3.8) is 0 Å². The van der Waals surface area contributed by atoms with E-state index in [-0.39, 0.29) is 0 Å². The summed E-state index contributed by atoms with van der Waals surface area (Å²) in [6, 6.07) is 59.4. The molecule has 7 aromatic carbocycles. The summed E-state index contributed by atoms with van der Waals surface area (Å²) < 4.78 is 4.66. The van der Waals surface area contributed by atoms with Crippen LogP contribution in [0.5, 0.6) is 0 Å². The van der Waals surface area contributed by atoms with Crippen molar-refractivity contribution < 1.29 is 0 Å². The van der Waals surface area contributed by atoms with Crippen molar-refractivity contribution in [2.24, 2.45) is 0 Å². The first-order valence-electron chi connectivity index (χ1n) is 16.8. The molecular formula is C45H29N5. The summed E-state index contributed by atoms with van der Waals surface area (Å²) in [5.74, 6) is 1.94. The van der Waals surface area contributed by atoms with E-state index in [4.69, 9.17) is 15.0 Å². The van der Waals surface area contributed by atoms with Crippen molar-refractivity contribution in [3.8, 4) is 45.5 Å². The Bertz CT molecular complexity index is 2780. The maximum atomic E-state index is 4.96. The SMILES string of the molecule is c1ccc(-c2nc(-c3ccccc3)nc(-c3ccc(-n4c5cc6c(ccn6-c6ccccc6)cc5c5c6ccccc6ccc54)cc3)n2)cc1. The van der Waals surface area contributed by atoms with Gasteiger partial charge >= 0.3 is 0 Å². The number of fused-ring (bicyclic) bond motifs is 6. The Kier molecular flexibility index (Phi) is 6.42. The third kappa shape index (κ3) is 4.60.